The monoisotopic (exact) mass is 530 g/mol. The van der Waals surface area contributed by atoms with E-state index in [1.165, 1.54) is 30.0 Å². The Balaban J connectivity index is 1.26. The summed E-state index contributed by atoms with van der Waals surface area (Å²) in [6, 6.07) is 4.17. The second-order valence-corrected chi connectivity index (χ2v) is 11.1. The molecule has 2 aromatic rings. The van der Waals surface area contributed by atoms with E-state index >= 15 is 0 Å². The quantitative estimate of drug-likeness (QED) is 0.469. The Labute approximate surface area is 216 Å². The number of hydrogen-bond acceptors (Lipinski definition) is 4. The molecule has 1 aromatic heterocycles. The molecule has 0 radical (unpaired) electrons. The summed E-state index contributed by atoms with van der Waals surface area (Å²) in [5.41, 5.74) is -0.458. The Morgan fingerprint density at radius 2 is 1.79 bits per heavy atom. The van der Waals surface area contributed by atoms with E-state index in [1.54, 1.807) is 10.8 Å². The van der Waals surface area contributed by atoms with Gasteiger partial charge in [-0.3, -0.25) is 9.59 Å². The molecule has 6 atom stereocenters. The van der Waals surface area contributed by atoms with Crippen LogP contribution in [-0.2, 0) is 0 Å². The average Bonchev–Trinajstić information content (AvgIpc) is 3.79. The van der Waals surface area contributed by atoms with Crippen LogP contribution in [0.4, 0.5) is 23.7 Å². The molecule has 1 unspecified atom stereocenters. The number of carbonyl (C=O) groups excluding carboxylic acids is 1. The van der Waals surface area contributed by atoms with Crippen molar-refractivity contribution in [2.45, 2.75) is 50.7 Å². The van der Waals surface area contributed by atoms with E-state index in [1.807, 2.05) is 0 Å². The Morgan fingerprint density at radius 1 is 1.11 bits per heavy atom. The van der Waals surface area contributed by atoms with Gasteiger partial charge in [0.2, 0.25) is 0 Å². The predicted octanol–water partition coefficient (Wildman–Crippen LogP) is 4.41. The number of carbonyl (C=O) groups is 2. The Hall–Kier alpha value is -3.50. The Morgan fingerprint density at radius 3 is 2.42 bits per heavy atom. The number of amides is 2. The molecule has 1 saturated heterocycles. The number of alkyl halides is 2. The number of aromatic nitrogens is 1. The predicted molar refractivity (Wildman–Crippen MR) is 132 cm³/mol. The number of carboxylic acid groups (broad SMARTS) is 1. The molecule has 0 spiro atoms. The number of piperidine rings is 1. The van der Waals surface area contributed by atoms with E-state index in [2.05, 4.69) is 10.6 Å². The van der Waals surface area contributed by atoms with Crippen molar-refractivity contribution in [2.24, 2.45) is 23.7 Å². The number of nitrogens with zero attached hydrogens (tertiary/aromatic N) is 2. The van der Waals surface area contributed by atoms with Crippen molar-refractivity contribution in [2.75, 3.05) is 18.4 Å². The zero-order valence-corrected chi connectivity index (χ0v) is 20.7. The van der Waals surface area contributed by atoms with Gasteiger partial charge >= 0.3 is 6.09 Å². The van der Waals surface area contributed by atoms with Crippen LogP contribution >= 0.6 is 0 Å². The number of hydrogen-bond donors (Lipinski definition) is 3. The minimum Gasteiger partial charge on any atom is -0.465 e. The van der Waals surface area contributed by atoms with E-state index in [-0.39, 0.29) is 40.6 Å². The van der Waals surface area contributed by atoms with Gasteiger partial charge in [-0.25, -0.2) is 18.0 Å². The van der Waals surface area contributed by atoms with Gasteiger partial charge in [0.1, 0.15) is 5.82 Å². The number of halogens is 3. The first-order valence-corrected chi connectivity index (χ1v) is 13.0. The van der Waals surface area contributed by atoms with Gasteiger partial charge in [-0.05, 0) is 38.0 Å². The first-order chi connectivity index (χ1) is 18.1. The van der Waals surface area contributed by atoms with Gasteiger partial charge in [0.05, 0.1) is 22.9 Å². The summed E-state index contributed by atoms with van der Waals surface area (Å²) in [5, 5.41) is 15.2. The van der Waals surface area contributed by atoms with Gasteiger partial charge in [-0.2, -0.15) is 0 Å². The third-order valence-corrected chi connectivity index (χ3v) is 8.61. The summed E-state index contributed by atoms with van der Waals surface area (Å²) in [4.78, 5) is 39.1. The number of anilines is 1. The third kappa shape index (κ3) is 4.41. The molecular weight excluding hydrogens is 501 g/mol. The highest BCUT2D eigenvalue weighted by molar-refractivity contribution is 5.99. The summed E-state index contributed by atoms with van der Waals surface area (Å²) in [6.07, 6.45) is 0.796. The largest absolute Gasteiger partial charge is 0.465 e. The number of benzene rings is 1. The van der Waals surface area contributed by atoms with Gasteiger partial charge in [0.15, 0.2) is 0 Å². The van der Waals surface area contributed by atoms with Crippen molar-refractivity contribution in [3.63, 3.8) is 0 Å². The lowest BCUT2D eigenvalue weighted by Gasteiger charge is -2.21. The highest BCUT2D eigenvalue weighted by atomic mass is 19.3. The highest BCUT2D eigenvalue weighted by Crippen LogP contribution is 2.56. The normalized spacial score (nSPS) is 28.1. The average molecular weight is 531 g/mol. The van der Waals surface area contributed by atoms with Crippen LogP contribution in [0, 0.1) is 29.5 Å². The van der Waals surface area contributed by atoms with Crippen LogP contribution in [0.5, 0.6) is 0 Å². The first kappa shape index (κ1) is 24.8. The van der Waals surface area contributed by atoms with Crippen LogP contribution < -0.4 is 16.2 Å². The molecule has 4 fully saturated rings. The summed E-state index contributed by atoms with van der Waals surface area (Å²) in [5.74, 6) is -0.378. The number of likely N-dealkylation sites (tertiary alicyclic amines) is 1. The molecule has 1 aromatic carbocycles. The molecule has 0 bridgehead atoms. The molecule has 3 aliphatic carbocycles. The van der Waals surface area contributed by atoms with E-state index in [0.29, 0.717) is 30.6 Å². The van der Waals surface area contributed by atoms with Gasteiger partial charge in [0.25, 0.3) is 17.9 Å². The third-order valence-electron chi connectivity index (χ3n) is 8.61. The van der Waals surface area contributed by atoms with E-state index in [4.69, 9.17) is 0 Å². The fraction of sp³-hybridized carbons (Fsp3) is 0.519. The van der Waals surface area contributed by atoms with Gasteiger partial charge in [0, 0.05) is 54.8 Å². The lowest BCUT2D eigenvalue weighted by molar-refractivity contribution is 0.0939. The molecule has 4 aliphatic rings. The maximum absolute atomic E-state index is 14.7. The van der Waals surface area contributed by atoms with Crippen LogP contribution in [0.3, 0.4) is 0 Å². The number of pyridine rings is 1. The summed E-state index contributed by atoms with van der Waals surface area (Å²) in [6.45, 7) is 2.29. The molecule has 2 amide bonds. The fourth-order valence-electron chi connectivity index (χ4n) is 6.16. The van der Waals surface area contributed by atoms with Gasteiger partial charge in [-0.15, -0.1) is 0 Å². The van der Waals surface area contributed by atoms with Crippen LogP contribution in [-0.4, -0.2) is 45.7 Å². The maximum Gasteiger partial charge on any atom is 0.407 e. The van der Waals surface area contributed by atoms with Crippen LogP contribution in [0.25, 0.3) is 0 Å². The van der Waals surface area contributed by atoms with Crippen LogP contribution in [0.15, 0.2) is 35.3 Å². The van der Waals surface area contributed by atoms with Crippen molar-refractivity contribution >= 4 is 17.7 Å². The molecule has 1 aliphatic heterocycles. The minimum absolute atomic E-state index is 0.0395. The molecule has 202 valence electrons. The second-order valence-electron chi connectivity index (χ2n) is 11.1. The smallest absolute Gasteiger partial charge is 0.407 e. The number of nitrogens with one attached hydrogen (secondary N) is 2. The summed E-state index contributed by atoms with van der Waals surface area (Å²) >= 11 is 0. The van der Waals surface area contributed by atoms with Crippen molar-refractivity contribution < 1.29 is 27.9 Å². The lowest BCUT2D eigenvalue weighted by atomic mass is 10.0. The standard InChI is InChI=1S/C27H29F3N4O4/c1-12(14-3-2-4-15(23(14)28)25(29)30)31-26(36)19-11-34(21-7-16(21)13-5-6-13)22(35)8-20(19)32-24-17-9-33(27(37)38)10-18(17)24/h2-4,8,11-13,16-18,21,24-25,32H,5-7,9-10H2,1H3,(H,31,36)(H,37,38)/t12-,16-,17-,18+,21+,24?/m1/s1. The number of rotatable bonds is 8. The topological polar surface area (TPSA) is 104 Å². The maximum atomic E-state index is 14.7. The Kier molecular flexibility index (Phi) is 5.92. The van der Waals surface area contributed by atoms with Gasteiger partial charge < -0.3 is 25.2 Å². The Bertz CT molecular complexity index is 1350. The zero-order chi connectivity index (χ0) is 26.9. The first-order valence-electron chi connectivity index (χ1n) is 13.0. The SMILES string of the molecule is C[C@@H](NC(=O)c1cn([C@H]2C[C@@H]2C2CC2)c(=O)cc1NC1[C@H]2CN(C(=O)O)C[C@@H]12)c1cccc(C(F)F)c1F. The molecule has 8 nitrogen and oxygen atoms in total. The van der Waals surface area contributed by atoms with Gasteiger partial charge in [-0.1, -0.05) is 18.2 Å². The van der Waals surface area contributed by atoms with E-state index in [0.717, 1.165) is 25.3 Å². The zero-order valence-electron chi connectivity index (χ0n) is 20.7. The fourth-order valence-corrected chi connectivity index (χ4v) is 6.16. The summed E-state index contributed by atoms with van der Waals surface area (Å²) in [7, 11) is 0. The van der Waals surface area contributed by atoms with Crippen LogP contribution in [0.1, 0.15) is 66.2 Å². The molecule has 38 heavy (non-hydrogen) atoms. The molecular formula is C27H29F3N4O4. The van der Waals surface area contributed by atoms with E-state index in [9.17, 15) is 32.7 Å². The molecule has 2 heterocycles. The van der Waals surface area contributed by atoms with Crippen molar-refractivity contribution in [1.82, 2.24) is 14.8 Å². The molecule has 11 heteroatoms. The molecule has 3 N–H and O–H groups in total. The second kappa shape index (κ2) is 9.06. The van der Waals surface area contributed by atoms with Crippen molar-refractivity contribution in [3.05, 3.63) is 63.3 Å². The highest BCUT2D eigenvalue weighted by Gasteiger charge is 2.57. The number of fused-ring (bicyclic) bond motifs is 1. The van der Waals surface area contributed by atoms with Crippen molar-refractivity contribution in [1.29, 1.82) is 0 Å². The minimum atomic E-state index is -2.98. The van der Waals surface area contributed by atoms with Crippen LogP contribution in [0.2, 0.25) is 0 Å². The summed E-state index contributed by atoms with van der Waals surface area (Å²) < 4.78 is 42.7. The lowest BCUT2D eigenvalue weighted by Crippen LogP contribution is -2.34. The molecule has 3 saturated carbocycles. The molecule has 6 rings (SSSR count). The van der Waals surface area contributed by atoms with E-state index < -0.39 is 35.8 Å². The van der Waals surface area contributed by atoms with Crippen molar-refractivity contribution in [3.8, 4) is 0 Å².